The van der Waals surface area contributed by atoms with Crippen molar-refractivity contribution < 1.29 is 4.39 Å². The number of aromatic nitrogens is 4. The summed E-state index contributed by atoms with van der Waals surface area (Å²) < 4.78 is 18.2. The molecule has 5 nitrogen and oxygen atoms in total. The van der Waals surface area contributed by atoms with Crippen LogP contribution in [-0.2, 0) is 6.54 Å². The number of nitrogens with one attached hydrogen (secondary N) is 1. The Bertz CT molecular complexity index is 1010. The summed E-state index contributed by atoms with van der Waals surface area (Å²) in [5.41, 5.74) is 3.68. The van der Waals surface area contributed by atoms with E-state index < -0.39 is 0 Å². The van der Waals surface area contributed by atoms with Crippen LogP contribution in [-0.4, -0.2) is 25.7 Å². The van der Waals surface area contributed by atoms with Gasteiger partial charge in [-0.25, -0.2) is 9.49 Å². The molecule has 2 heterocycles. The molecule has 136 valence electrons. The van der Waals surface area contributed by atoms with Gasteiger partial charge in [-0.15, -0.1) is 0 Å². The molecule has 0 radical (unpaired) electrons. The number of rotatable bonds is 5. The first-order valence-corrected chi connectivity index (χ1v) is 8.92. The summed E-state index contributed by atoms with van der Waals surface area (Å²) in [6, 6.07) is 8.52. The van der Waals surface area contributed by atoms with Gasteiger partial charge >= 0.3 is 0 Å². The lowest BCUT2D eigenvalue weighted by Gasteiger charge is -2.11. The zero-order valence-electron chi connectivity index (χ0n) is 15.3. The predicted octanol–water partition coefficient (Wildman–Crippen LogP) is 4.70. The molecule has 0 aliphatic heterocycles. The number of aryl methyl sites for hydroxylation is 1. The summed E-state index contributed by atoms with van der Waals surface area (Å²) in [7, 11) is 0. The minimum Gasteiger partial charge on any atom is -0.348 e. The van der Waals surface area contributed by atoms with E-state index in [1.54, 1.807) is 24.4 Å². The normalized spacial score (nSPS) is 11.8. The van der Waals surface area contributed by atoms with Crippen LogP contribution in [0.3, 0.4) is 0 Å². The molecular weight excluding hydrogens is 349 g/mol. The number of H-pyrrole nitrogens is 1. The van der Waals surface area contributed by atoms with Crippen LogP contribution in [0.15, 0.2) is 35.4 Å². The van der Waals surface area contributed by atoms with Crippen molar-refractivity contribution in [2.75, 3.05) is 0 Å². The highest BCUT2D eigenvalue weighted by atomic mass is 32.1. The second-order valence-corrected chi connectivity index (χ2v) is 7.11. The number of hydrogen-bond acceptors (Lipinski definition) is 3. The van der Waals surface area contributed by atoms with Crippen LogP contribution >= 0.6 is 12.2 Å². The Morgan fingerprint density at radius 3 is 2.73 bits per heavy atom. The molecule has 0 aliphatic rings. The van der Waals surface area contributed by atoms with E-state index in [-0.39, 0.29) is 5.82 Å². The maximum atomic E-state index is 14.1. The summed E-state index contributed by atoms with van der Waals surface area (Å²) in [6.45, 7) is 9.50. The van der Waals surface area contributed by atoms with Gasteiger partial charge in [0.15, 0.2) is 5.82 Å². The number of halogens is 1. The molecular formula is C19H22FN5S. The highest BCUT2D eigenvalue weighted by molar-refractivity contribution is 7.71. The van der Waals surface area contributed by atoms with Gasteiger partial charge in [0.2, 0.25) is 4.77 Å². The van der Waals surface area contributed by atoms with Crippen molar-refractivity contribution in [2.45, 2.75) is 34.2 Å². The summed E-state index contributed by atoms with van der Waals surface area (Å²) in [6.07, 6.45) is 1.74. The molecule has 0 bridgehead atoms. The third kappa shape index (κ3) is 3.53. The van der Waals surface area contributed by atoms with Gasteiger partial charge in [0.05, 0.1) is 11.8 Å². The maximum absolute atomic E-state index is 14.1. The fraction of sp³-hybridized carbons (Fsp3) is 0.316. The van der Waals surface area contributed by atoms with Gasteiger partial charge in [-0.3, -0.25) is 0 Å². The lowest BCUT2D eigenvalue weighted by atomic mass is 10.2. The Morgan fingerprint density at radius 1 is 1.31 bits per heavy atom. The highest BCUT2D eigenvalue weighted by Gasteiger charge is 2.13. The molecule has 0 amide bonds. The second-order valence-electron chi connectivity index (χ2n) is 6.72. The van der Waals surface area contributed by atoms with Crippen LogP contribution in [0.5, 0.6) is 0 Å². The second kappa shape index (κ2) is 7.37. The fourth-order valence-electron chi connectivity index (χ4n) is 2.94. The predicted molar refractivity (Wildman–Crippen MR) is 105 cm³/mol. The van der Waals surface area contributed by atoms with Crippen LogP contribution < -0.4 is 0 Å². The van der Waals surface area contributed by atoms with E-state index in [1.807, 2.05) is 0 Å². The number of benzene rings is 1. The standard InChI is InChI=1S/C19H22FN5S/c1-12(2)11-24-13(3)9-15(14(24)4)10-21-25-18(22-23-19(25)26)16-7-5-6-8-17(16)20/h5-10,12H,11H2,1-4H3,(H,23,26)/b21-10-. The van der Waals surface area contributed by atoms with Gasteiger partial charge in [0.1, 0.15) is 5.82 Å². The highest BCUT2D eigenvalue weighted by Crippen LogP contribution is 2.21. The van der Waals surface area contributed by atoms with E-state index in [9.17, 15) is 4.39 Å². The first kappa shape index (κ1) is 18.3. The number of aromatic amines is 1. The van der Waals surface area contributed by atoms with Gasteiger partial charge in [0.25, 0.3) is 0 Å². The topological polar surface area (TPSA) is 50.9 Å². The number of hydrogen-bond donors (Lipinski definition) is 1. The molecule has 1 aromatic carbocycles. The first-order chi connectivity index (χ1) is 12.4. The van der Waals surface area contributed by atoms with E-state index in [4.69, 9.17) is 12.2 Å². The van der Waals surface area contributed by atoms with Crippen molar-refractivity contribution in [3.63, 3.8) is 0 Å². The van der Waals surface area contributed by atoms with Gasteiger partial charge < -0.3 is 4.57 Å². The van der Waals surface area contributed by atoms with Crippen LogP contribution in [0.2, 0.25) is 0 Å². The van der Waals surface area contributed by atoms with Gasteiger partial charge in [-0.1, -0.05) is 26.0 Å². The molecule has 26 heavy (non-hydrogen) atoms. The molecule has 7 heteroatoms. The van der Waals surface area contributed by atoms with Gasteiger partial charge in [-0.2, -0.15) is 14.9 Å². The molecule has 0 atom stereocenters. The SMILES string of the molecule is Cc1cc(/C=N\n2c(-c3ccccc3F)n[nH]c2=S)c(C)n1CC(C)C. The molecule has 0 saturated carbocycles. The molecule has 3 rings (SSSR count). The van der Waals surface area contributed by atoms with Crippen molar-refractivity contribution in [1.29, 1.82) is 0 Å². The molecule has 1 N–H and O–H groups in total. The van der Waals surface area contributed by atoms with E-state index in [0.717, 1.165) is 17.8 Å². The van der Waals surface area contributed by atoms with Crippen molar-refractivity contribution in [3.05, 3.63) is 57.9 Å². The summed E-state index contributed by atoms with van der Waals surface area (Å²) in [5.74, 6) is 0.535. The van der Waals surface area contributed by atoms with Crippen molar-refractivity contribution in [1.82, 2.24) is 19.4 Å². The molecule has 0 fully saturated rings. The van der Waals surface area contributed by atoms with Crippen LogP contribution in [0, 0.1) is 30.4 Å². The summed E-state index contributed by atoms with van der Waals surface area (Å²) in [4.78, 5) is 0. The Morgan fingerprint density at radius 2 is 2.04 bits per heavy atom. The summed E-state index contributed by atoms with van der Waals surface area (Å²) >= 11 is 5.26. The zero-order valence-corrected chi connectivity index (χ0v) is 16.1. The van der Waals surface area contributed by atoms with E-state index in [0.29, 0.717) is 22.1 Å². The van der Waals surface area contributed by atoms with E-state index in [1.165, 1.54) is 16.4 Å². The third-order valence-electron chi connectivity index (χ3n) is 4.24. The summed E-state index contributed by atoms with van der Waals surface area (Å²) in [5, 5.41) is 11.3. The largest absolute Gasteiger partial charge is 0.348 e. The van der Waals surface area contributed by atoms with Crippen molar-refractivity contribution >= 4 is 18.4 Å². The van der Waals surface area contributed by atoms with Crippen molar-refractivity contribution in [3.8, 4) is 11.4 Å². The maximum Gasteiger partial charge on any atom is 0.216 e. The molecule has 0 unspecified atom stereocenters. The van der Waals surface area contributed by atoms with Crippen LogP contribution in [0.1, 0.15) is 30.8 Å². The Labute approximate surface area is 157 Å². The van der Waals surface area contributed by atoms with Crippen molar-refractivity contribution in [2.24, 2.45) is 11.0 Å². The third-order valence-corrected chi connectivity index (χ3v) is 4.50. The molecule has 0 saturated heterocycles. The van der Waals surface area contributed by atoms with Gasteiger partial charge in [0, 0.05) is 23.5 Å². The quantitative estimate of drug-likeness (QED) is 0.522. The smallest absolute Gasteiger partial charge is 0.216 e. The average molecular weight is 371 g/mol. The van der Waals surface area contributed by atoms with Crippen LogP contribution in [0.25, 0.3) is 11.4 Å². The average Bonchev–Trinajstić information content (AvgIpc) is 3.08. The Kier molecular flexibility index (Phi) is 5.18. The lowest BCUT2D eigenvalue weighted by Crippen LogP contribution is -2.08. The molecule has 0 aliphatic carbocycles. The Hall–Kier alpha value is -2.54. The fourth-order valence-corrected chi connectivity index (χ4v) is 3.12. The Balaban J connectivity index is 2.00. The minimum absolute atomic E-state index is 0.315. The van der Waals surface area contributed by atoms with E-state index >= 15 is 0 Å². The first-order valence-electron chi connectivity index (χ1n) is 8.52. The zero-order chi connectivity index (χ0) is 18.8. The van der Waals surface area contributed by atoms with E-state index in [2.05, 4.69) is 53.6 Å². The molecule has 2 aromatic heterocycles. The number of nitrogens with zero attached hydrogens (tertiary/aromatic N) is 4. The minimum atomic E-state index is -0.368. The molecule has 3 aromatic rings. The monoisotopic (exact) mass is 371 g/mol. The van der Waals surface area contributed by atoms with Crippen LogP contribution in [0.4, 0.5) is 4.39 Å². The molecule has 0 spiro atoms. The van der Waals surface area contributed by atoms with Gasteiger partial charge in [-0.05, 0) is 50.2 Å². The lowest BCUT2D eigenvalue weighted by molar-refractivity contribution is 0.509.